The number of halogens is 2. The van der Waals surface area contributed by atoms with Crippen molar-refractivity contribution in [3.05, 3.63) is 103 Å². The Bertz CT molecular complexity index is 930. The van der Waals surface area contributed by atoms with Crippen LogP contribution < -0.4 is 24.8 Å². The molecule has 0 fully saturated rings. The van der Waals surface area contributed by atoms with Crippen LogP contribution >= 0.6 is 0 Å². The van der Waals surface area contributed by atoms with Crippen molar-refractivity contribution in [2.45, 2.75) is 65.2 Å². The molecule has 0 N–H and O–H groups in total. The Hall–Kier alpha value is -1.31. The number of hydrogen-bond donors (Lipinski definition) is 0. The number of rotatable bonds is 10. The maximum atomic E-state index is 2.54. The monoisotopic (exact) mass is 512 g/mol. The van der Waals surface area contributed by atoms with Crippen LogP contribution in [0.1, 0.15) is 76.3 Å². The molecule has 0 saturated heterocycles. The molecule has 3 heteroatoms. The maximum Gasteiger partial charge on any atom is -1.00 e. The average molecular weight is 513 g/mol. The van der Waals surface area contributed by atoms with E-state index in [4.69, 9.17) is 0 Å². The molecule has 0 nitrogen and oxygen atoms in total. The van der Waals surface area contributed by atoms with Crippen molar-refractivity contribution in [3.8, 4) is 0 Å². The zero-order chi connectivity index (χ0) is 21.5. The summed E-state index contributed by atoms with van der Waals surface area (Å²) < 4.78 is 3.58. The van der Waals surface area contributed by atoms with E-state index in [2.05, 4.69) is 86.7 Å². The number of unbranched alkanes of at least 4 members (excludes halogenated alkanes) is 2. The first kappa shape index (κ1) is 27.9. The summed E-state index contributed by atoms with van der Waals surface area (Å²) in [6.07, 6.45) is 15.1. The van der Waals surface area contributed by atoms with Gasteiger partial charge < -0.3 is 24.8 Å². The molecule has 0 aliphatic heterocycles. The molecule has 2 aromatic carbocycles. The molecule has 0 aromatic heterocycles. The van der Waals surface area contributed by atoms with Gasteiger partial charge >= 0.3 is 198 Å². The molecule has 0 spiro atoms. The predicted molar refractivity (Wildman–Crippen MR) is 131 cm³/mol. The van der Waals surface area contributed by atoms with E-state index >= 15 is 0 Å². The minimum atomic E-state index is -0.249. The molecule has 2 aliphatic carbocycles. The fourth-order valence-electron chi connectivity index (χ4n) is 4.59. The molecule has 4 rings (SSSR count). The van der Waals surface area contributed by atoms with Gasteiger partial charge in [0.05, 0.1) is 0 Å². The van der Waals surface area contributed by atoms with Crippen molar-refractivity contribution in [2.75, 3.05) is 0 Å². The van der Waals surface area contributed by atoms with Crippen molar-refractivity contribution >= 4 is 11.1 Å². The standard InChI is InChI=1S/2C15H17.2ClH.Ti/c2*1-2-3-7-13-10-11-15(12-13)14-8-5-4-6-9-14;;;/h2*4-6,8-9,12H,2-3,7,11H2,1H3;2*1H;/q;;;;+2/p-2. The first-order valence-electron chi connectivity index (χ1n) is 12.0. The fraction of sp³-hybridized carbons (Fsp3) is 0.333. The van der Waals surface area contributed by atoms with E-state index in [1.54, 1.807) is 18.9 Å². The second kappa shape index (κ2) is 14.2. The first-order valence-corrected chi connectivity index (χ1v) is 13.6. The quantitative estimate of drug-likeness (QED) is 0.429. The number of allylic oxidation sites excluding steroid dienone is 8. The molecule has 2 aromatic rings. The summed E-state index contributed by atoms with van der Waals surface area (Å²) in [4.78, 5) is 0. The van der Waals surface area contributed by atoms with Crippen LogP contribution in [0.4, 0.5) is 0 Å². The van der Waals surface area contributed by atoms with Crippen molar-refractivity contribution in [3.63, 3.8) is 0 Å². The van der Waals surface area contributed by atoms with Crippen LogP contribution in [0.3, 0.4) is 0 Å². The van der Waals surface area contributed by atoms with Crippen molar-refractivity contribution < 1.29 is 44.0 Å². The van der Waals surface area contributed by atoms with Crippen LogP contribution in [0.25, 0.3) is 11.1 Å². The van der Waals surface area contributed by atoms with Gasteiger partial charge in [-0.15, -0.1) is 0 Å². The minimum absolute atomic E-state index is 0. The van der Waals surface area contributed by atoms with E-state index in [1.165, 1.54) is 73.6 Å². The van der Waals surface area contributed by atoms with Crippen LogP contribution in [-0.2, 0) is 19.2 Å². The molecule has 0 atom stereocenters. The average Bonchev–Trinajstić information content (AvgIpc) is 3.42. The molecular weight excluding hydrogens is 479 g/mol. The van der Waals surface area contributed by atoms with E-state index in [0.717, 1.165) is 0 Å². The van der Waals surface area contributed by atoms with Crippen LogP contribution in [0.15, 0.2) is 91.7 Å². The van der Waals surface area contributed by atoms with E-state index in [9.17, 15) is 0 Å². The molecule has 0 radical (unpaired) electrons. The van der Waals surface area contributed by atoms with Gasteiger partial charge in [0.15, 0.2) is 0 Å². The summed E-state index contributed by atoms with van der Waals surface area (Å²) in [5.74, 6) is 0. The van der Waals surface area contributed by atoms with E-state index in [1.807, 2.05) is 0 Å². The Balaban J connectivity index is 0.00000193. The summed E-state index contributed by atoms with van der Waals surface area (Å²) in [7, 11) is 0. The van der Waals surface area contributed by atoms with Crippen molar-refractivity contribution in [1.82, 2.24) is 0 Å². The first-order chi connectivity index (χ1) is 15.3. The Morgan fingerprint density at radius 2 is 1.00 bits per heavy atom. The van der Waals surface area contributed by atoms with E-state index < -0.39 is 0 Å². The van der Waals surface area contributed by atoms with Gasteiger partial charge in [-0.2, -0.15) is 0 Å². The van der Waals surface area contributed by atoms with Gasteiger partial charge in [0.25, 0.3) is 0 Å². The van der Waals surface area contributed by atoms with Crippen molar-refractivity contribution in [2.24, 2.45) is 0 Å². The second-order valence-corrected chi connectivity index (χ2v) is 11.0. The molecule has 2 aliphatic rings. The molecule has 0 bridgehead atoms. The van der Waals surface area contributed by atoms with E-state index in [-0.39, 0.29) is 44.0 Å². The molecule has 0 heterocycles. The molecular formula is C30H34Cl2Ti. The summed E-state index contributed by atoms with van der Waals surface area (Å²) in [6, 6.07) is 22.1. The summed E-state index contributed by atoms with van der Waals surface area (Å²) >= 11 is -0.249. The number of benzene rings is 2. The Morgan fingerprint density at radius 1 is 0.606 bits per heavy atom. The van der Waals surface area contributed by atoms with Gasteiger partial charge in [-0.05, 0) is 0 Å². The fourth-order valence-corrected chi connectivity index (χ4v) is 7.15. The molecule has 0 unspecified atom stereocenters. The van der Waals surface area contributed by atoms with Crippen LogP contribution in [0.2, 0.25) is 0 Å². The topological polar surface area (TPSA) is 0 Å². The summed E-state index contributed by atoms with van der Waals surface area (Å²) in [5, 5.41) is 0. The van der Waals surface area contributed by atoms with Gasteiger partial charge in [0.1, 0.15) is 0 Å². The van der Waals surface area contributed by atoms with Gasteiger partial charge in [-0.3, -0.25) is 0 Å². The van der Waals surface area contributed by atoms with Gasteiger partial charge in [-0.1, -0.05) is 0 Å². The smallest absolute Gasteiger partial charge is 1.00 e. The van der Waals surface area contributed by atoms with Crippen molar-refractivity contribution in [1.29, 1.82) is 0 Å². The second-order valence-electron chi connectivity index (χ2n) is 8.76. The Kier molecular flexibility index (Phi) is 12.0. The third-order valence-corrected chi connectivity index (χ3v) is 8.89. The zero-order valence-corrected chi connectivity index (χ0v) is 22.9. The van der Waals surface area contributed by atoms with Crippen LogP contribution in [0.5, 0.6) is 0 Å². The normalized spacial score (nSPS) is 15.0. The Labute approximate surface area is 222 Å². The summed E-state index contributed by atoms with van der Waals surface area (Å²) in [5.41, 5.74) is 9.22. The number of hydrogen-bond acceptors (Lipinski definition) is 0. The van der Waals surface area contributed by atoms with Crippen LogP contribution in [0, 0.1) is 0 Å². The minimum Gasteiger partial charge on any atom is -1.00 e. The third kappa shape index (κ3) is 7.34. The molecule has 0 amide bonds. The third-order valence-electron chi connectivity index (χ3n) is 6.40. The van der Waals surface area contributed by atoms with Crippen LogP contribution in [-0.4, -0.2) is 0 Å². The zero-order valence-electron chi connectivity index (χ0n) is 19.8. The largest absolute Gasteiger partial charge is 1.00 e. The Morgan fingerprint density at radius 3 is 1.36 bits per heavy atom. The van der Waals surface area contributed by atoms with Gasteiger partial charge in [0.2, 0.25) is 0 Å². The predicted octanol–water partition coefficient (Wildman–Crippen LogP) is 2.94. The molecule has 33 heavy (non-hydrogen) atoms. The van der Waals surface area contributed by atoms with Gasteiger partial charge in [-0.25, -0.2) is 0 Å². The van der Waals surface area contributed by atoms with Gasteiger partial charge in [0, 0.05) is 0 Å². The SMILES string of the molecule is CCCCC1=[C]([Ti+2][C]2=C(CCCC)C=C(c3ccccc3)C2)CC(c2ccccc2)=C1.[Cl-].[Cl-]. The molecule has 172 valence electrons. The van der Waals surface area contributed by atoms with E-state index in [0.29, 0.717) is 0 Å². The summed E-state index contributed by atoms with van der Waals surface area (Å²) in [6.45, 7) is 4.62. The maximum absolute atomic E-state index is 2.54. The molecule has 0 saturated carbocycles.